The number of hydrogen-bond donors (Lipinski definition) is 3. The second-order valence-electron chi connectivity index (χ2n) is 9.35. The van der Waals surface area contributed by atoms with Crippen LogP contribution in [-0.2, 0) is 12.6 Å². The topological polar surface area (TPSA) is 145 Å². The zero-order valence-electron chi connectivity index (χ0n) is 20.9. The van der Waals surface area contributed by atoms with Gasteiger partial charge in [0.25, 0.3) is 0 Å². The summed E-state index contributed by atoms with van der Waals surface area (Å²) in [6.45, 7) is 3.17. The van der Waals surface area contributed by atoms with Crippen molar-refractivity contribution in [1.29, 1.82) is 5.41 Å². The van der Waals surface area contributed by atoms with Crippen molar-refractivity contribution < 1.29 is 4.74 Å². The summed E-state index contributed by atoms with van der Waals surface area (Å²) in [5.74, 6) is 1.20. The first-order chi connectivity index (χ1) is 18.2. The van der Waals surface area contributed by atoms with Crippen LogP contribution in [0, 0.1) is 5.41 Å². The summed E-state index contributed by atoms with van der Waals surface area (Å²) in [4.78, 5) is 6.07. The number of rotatable bonds is 7. The minimum Gasteiger partial charge on any atom is -0.486 e. The van der Waals surface area contributed by atoms with Gasteiger partial charge in [-0.05, 0) is 49.7 Å². The van der Waals surface area contributed by atoms with Gasteiger partial charge in [0.05, 0.1) is 27.0 Å². The quantitative estimate of drug-likeness (QED) is 0.229. The molecule has 0 radical (unpaired) electrons. The predicted molar refractivity (Wildman–Crippen MR) is 148 cm³/mol. The van der Waals surface area contributed by atoms with E-state index in [4.69, 9.17) is 44.8 Å². The van der Waals surface area contributed by atoms with Crippen LogP contribution in [0.25, 0.3) is 0 Å². The molecule has 1 aromatic carbocycles. The molecule has 196 valence electrons. The highest BCUT2D eigenvalue weighted by atomic mass is 35.5. The third-order valence-electron chi connectivity index (χ3n) is 6.77. The highest BCUT2D eigenvalue weighted by molar-refractivity contribution is 6.35. The Balaban J connectivity index is 1.32. The summed E-state index contributed by atoms with van der Waals surface area (Å²) < 4.78 is 7.89. The van der Waals surface area contributed by atoms with Crippen molar-refractivity contribution in [1.82, 2.24) is 25.0 Å². The summed E-state index contributed by atoms with van der Waals surface area (Å²) in [6, 6.07) is 10.7. The van der Waals surface area contributed by atoms with Gasteiger partial charge in [-0.25, -0.2) is 0 Å². The van der Waals surface area contributed by atoms with E-state index in [0.717, 1.165) is 18.7 Å². The normalized spacial score (nSPS) is 18.0. The average molecular weight is 552 g/mol. The molecule has 1 saturated heterocycles. The van der Waals surface area contributed by atoms with Gasteiger partial charge in [-0.15, -0.1) is 10.2 Å². The summed E-state index contributed by atoms with van der Waals surface area (Å²) in [6.07, 6.45) is 5.10. The van der Waals surface area contributed by atoms with E-state index >= 15 is 0 Å². The van der Waals surface area contributed by atoms with Crippen LogP contribution in [0.15, 0.2) is 55.0 Å². The molecule has 4 aromatic rings. The van der Waals surface area contributed by atoms with Crippen LogP contribution >= 0.6 is 23.2 Å². The van der Waals surface area contributed by atoms with Crippen LogP contribution in [0.5, 0.6) is 5.75 Å². The molecule has 3 aromatic heterocycles. The Morgan fingerprint density at radius 2 is 1.89 bits per heavy atom. The van der Waals surface area contributed by atoms with Gasteiger partial charge in [-0.2, -0.15) is 5.10 Å². The Morgan fingerprint density at radius 3 is 2.55 bits per heavy atom. The number of hydrogen-bond acceptors (Lipinski definition) is 9. The molecule has 0 saturated carbocycles. The molecule has 2 atom stereocenters. The standard InChI is InChI=1S/C26H27Cl2N9O/c1-15(24-18(27)12-32-13-19(24)28)38-16-3-4-20(29)17(11-16)25(30)21-5-6-23(35-34-21)37-10-8-26(31,14-37)22-7-9-33-36(22)2/h3-7,9,11-13,15,30H,8,10,14,29,31H2,1-2H3/t15-,26?/m1/s1. The molecule has 0 aliphatic carbocycles. The molecule has 1 fully saturated rings. The van der Waals surface area contributed by atoms with Gasteiger partial charge >= 0.3 is 0 Å². The Kier molecular flexibility index (Phi) is 6.95. The van der Waals surface area contributed by atoms with E-state index < -0.39 is 11.6 Å². The number of nitrogens with zero attached hydrogens (tertiary/aromatic N) is 6. The Morgan fingerprint density at radius 1 is 1.13 bits per heavy atom. The fourth-order valence-electron chi connectivity index (χ4n) is 4.76. The van der Waals surface area contributed by atoms with E-state index in [0.29, 0.717) is 50.7 Å². The first-order valence-corrected chi connectivity index (χ1v) is 12.7. The van der Waals surface area contributed by atoms with E-state index in [1.807, 2.05) is 30.8 Å². The lowest BCUT2D eigenvalue weighted by Crippen LogP contribution is -2.41. The zero-order chi connectivity index (χ0) is 27.0. The van der Waals surface area contributed by atoms with Crippen molar-refractivity contribution in [2.75, 3.05) is 23.7 Å². The van der Waals surface area contributed by atoms with E-state index in [1.165, 1.54) is 12.4 Å². The van der Waals surface area contributed by atoms with E-state index in [9.17, 15) is 0 Å². The van der Waals surface area contributed by atoms with Crippen molar-refractivity contribution in [2.45, 2.75) is 25.0 Å². The van der Waals surface area contributed by atoms with Crippen LogP contribution in [0.4, 0.5) is 11.5 Å². The molecule has 1 aliphatic rings. The van der Waals surface area contributed by atoms with Crippen molar-refractivity contribution >= 4 is 40.4 Å². The number of aryl methyl sites for hydroxylation is 1. The van der Waals surface area contributed by atoms with Gasteiger partial charge in [0.15, 0.2) is 5.82 Å². The Bertz CT molecular complexity index is 1470. The molecule has 1 aliphatic heterocycles. The largest absolute Gasteiger partial charge is 0.486 e. The summed E-state index contributed by atoms with van der Waals surface area (Å²) >= 11 is 12.6. The Hall–Kier alpha value is -3.73. The first-order valence-electron chi connectivity index (χ1n) is 12.0. The Labute approximate surface area is 230 Å². The smallest absolute Gasteiger partial charge is 0.151 e. The molecule has 12 heteroatoms. The van der Waals surface area contributed by atoms with Crippen molar-refractivity contribution in [3.8, 4) is 5.75 Å². The monoisotopic (exact) mass is 551 g/mol. The molecular formula is C26H27Cl2N9O. The summed E-state index contributed by atoms with van der Waals surface area (Å²) in [5.41, 5.74) is 15.4. The lowest BCUT2D eigenvalue weighted by atomic mass is 9.96. The first kappa shape index (κ1) is 25.9. The molecule has 5 N–H and O–H groups in total. The molecule has 0 bridgehead atoms. The molecule has 38 heavy (non-hydrogen) atoms. The molecule has 0 amide bonds. The second-order valence-corrected chi connectivity index (χ2v) is 10.2. The van der Waals surface area contributed by atoms with Gasteiger partial charge in [0, 0.05) is 55.5 Å². The minimum absolute atomic E-state index is 0.129. The highest BCUT2D eigenvalue weighted by Crippen LogP contribution is 2.34. The maximum Gasteiger partial charge on any atom is 0.151 e. The number of benzene rings is 1. The van der Waals surface area contributed by atoms with Crippen LogP contribution < -0.4 is 21.1 Å². The third kappa shape index (κ3) is 4.90. The van der Waals surface area contributed by atoms with Gasteiger partial charge < -0.3 is 21.1 Å². The maximum absolute atomic E-state index is 8.75. The number of pyridine rings is 1. The van der Waals surface area contributed by atoms with Gasteiger partial charge in [0.1, 0.15) is 17.5 Å². The predicted octanol–water partition coefficient (Wildman–Crippen LogP) is 4.11. The average Bonchev–Trinajstić information content (AvgIpc) is 3.51. The van der Waals surface area contributed by atoms with Crippen LogP contribution in [0.3, 0.4) is 0 Å². The van der Waals surface area contributed by atoms with Crippen molar-refractivity contribution in [3.63, 3.8) is 0 Å². The zero-order valence-corrected chi connectivity index (χ0v) is 22.4. The number of aromatic nitrogens is 5. The molecule has 0 spiro atoms. The highest BCUT2D eigenvalue weighted by Gasteiger charge is 2.38. The van der Waals surface area contributed by atoms with Crippen LogP contribution in [0.2, 0.25) is 10.0 Å². The second kappa shape index (κ2) is 10.2. The van der Waals surface area contributed by atoms with Crippen molar-refractivity contribution in [2.24, 2.45) is 12.8 Å². The molecule has 4 heterocycles. The molecule has 1 unspecified atom stereocenters. The SMILES string of the molecule is C[C@@H](Oc1ccc(N)c(C(=N)c2ccc(N3CCC(N)(c4ccnn4C)C3)nn2)c1)c1c(Cl)cncc1Cl. The molecule has 10 nitrogen and oxygen atoms in total. The number of nitrogens with one attached hydrogen (secondary N) is 1. The molecular weight excluding hydrogens is 525 g/mol. The lowest BCUT2D eigenvalue weighted by molar-refractivity contribution is 0.227. The lowest BCUT2D eigenvalue weighted by Gasteiger charge is -2.25. The number of nitrogens with two attached hydrogens (primary N) is 2. The fraction of sp³-hybridized carbons (Fsp3) is 0.269. The summed E-state index contributed by atoms with van der Waals surface area (Å²) in [5, 5.41) is 22.5. The van der Waals surface area contributed by atoms with E-state index in [2.05, 4.69) is 25.2 Å². The number of nitrogen functional groups attached to an aromatic ring is 1. The van der Waals surface area contributed by atoms with E-state index in [1.54, 1.807) is 30.5 Å². The van der Waals surface area contributed by atoms with Gasteiger partial charge in [-0.1, -0.05) is 23.2 Å². The fourth-order valence-corrected chi connectivity index (χ4v) is 5.44. The third-order valence-corrected chi connectivity index (χ3v) is 7.37. The number of anilines is 2. The molecule has 5 rings (SSSR count). The van der Waals surface area contributed by atoms with Gasteiger partial charge in [-0.3, -0.25) is 15.1 Å². The van der Waals surface area contributed by atoms with Gasteiger partial charge in [0.2, 0.25) is 0 Å². The van der Waals surface area contributed by atoms with Crippen LogP contribution in [0.1, 0.15) is 42.0 Å². The minimum atomic E-state index is -0.519. The van der Waals surface area contributed by atoms with E-state index in [-0.39, 0.29) is 5.71 Å². The number of ether oxygens (including phenoxy) is 1. The van der Waals surface area contributed by atoms with Crippen molar-refractivity contribution in [3.05, 3.63) is 87.5 Å². The number of halogens is 2. The van der Waals surface area contributed by atoms with Crippen LogP contribution in [-0.4, -0.2) is 43.8 Å². The maximum atomic E-state index is 8.75. The summed E-state index contributed by atoms with van der Waals surface area (Å²) in [7, 11) is 1.89.